The van der Waals surface area contributed by atoms with Crippen molar-refractivity contribution in [3.8, 4) is 0 Å². The van der Waals surface area contributed by atoms with E-state index in [9.17, 15) is 4.21 Å². The van der Waals surface area contributed by atoms with E-state index in [1.165, 1.54) is 0 Å². The monoisotopic (exact) mass is 220 g/mol. The standard InChI is InChI=1S/C11H24O2S/c1-5-8-9-10-13-14(4,12,7-3)11-6-2/h6,11H,5,7-10H2,1-4H3. The minimum atomic E-state index is -2.92. The molecule has 0 aromatic heterocycles. The Bertz CT molecular complexity index is 246. The van der Waals surface area contributed by atoms with Crippen molar-refractivity contribution in [1.29, 1.82) is 0 Å². The Labute approximate surface area is 88.3 Å². The summed E-state index contributed by atoms with van der Waals surface area (Å²) in [7, 11) is -2.92. The molecule has 0 aliphatic rings. The molecular weight excluding hydrogens is 196 g/mol. The highest BCUT2D eigenvalue weighted by atomic mass is 32.3. The molecule has 0 radical (unpaired) electrons. The lowest BCUT2D eigenvalue weighted by molar-refractivity contribution is 0.318. The highest BCUT2D eigenvalue weighted by Gasteiger charge is 2.19. The molecule has 3 heteroatoms. The van der Waals surface area contributed by atoms with Gasteiger partial charge in [0.2, 0.25) is 0 Å². The van der Waals surface area contributed by atoms with Gasteiger partial charge in [-0.15, -0.1) is 0 Å². The number of hydrogen-bond acceptors (Lipinski definition) is 2. The fourth-order valence-corrected chi connectivity index (χ4v) is 2.89. The van der Waals surface area contributed by atoms with Crippen molar-refractivity contribution < 1.29 is 8.39 Å². The fraction of sp³-hybridized carbons (Fsp3) is 0.818. The van der Waals surface area contributed by atoms with Crippen LogP contribution in [0.2, 0.25) is 0 Å². The van der Waals surface area contributed by atoms with Gasteiger partial charge in [-0.05, 0) is 20.3 Å². The van der Waals surface area contributed by atoms with Crippen LogP contribution in [0, 0.1) is 0 Å². The Morgan fingerprint density at radius 2 is 1.93 bits per heavy atom. The average Bonchev–Trinajstić information content (AvgIpc) is 2.14. The number of allylic oxidation sites excluding steroid dienone is 1. The number of unbranched alkanes of at least 4 members (excludes halogenated alkanes) is 2. The zero-order valence-electron chi connectivity index (χ0n) is 9.91. The van der Waals surface area contributed by atoms with E-state index in [4.69, 9.17) is 4.18 Å². The van der Waals surface area contributed by atoms with Gasteiger partial charge in [-0.3, -0.25) is 4.18 Å². The van der Waals surface area contributed by atoms with Crippen LogP contribution < -0.4 is 0 Å². The molecule has 0 saturated heterocycles. The Morgan fingerprint density at radius 1 is 1.29 bits per heavy atom. The maximum Gasteiger partial charge on any atom is 0.0711 e. The molecule has 0 aromatic carbocycles. The van der Waals surface area contributed by atoms with Crippen LogP contribution in [0.4, 0.5) is 0 Å². The Balaban J connectivity index is 4.20. The van der Waals surface area contributed by atoms with Crippen LogP contribution in [0.25, 0.3) is 0 Å². The molecule has 86 valence electrons. The van der Waals surface area contributed by atoms with Gasteiger partial charge in [-0.2, -0.15) is 9.35 Å². The lowest BCUT2D eigenvalue weighted by Gasteiger charge is -2.40. The largest absolute Gasteiger partial charge is 0.284 e. The molecule has 0 spiro atoms. The fourth-order valence-electron chi connectivity index (χ4n) is 1.20. The Kier molecular flexibility index (Phi) is 5.60. The molecule has 0 bridgehead atoms. The smallest absolute Gasteiger partial charge is 0.0711 e. The van der Waals surface area contributed by atoms with Gasteiger partial charge in [0.15, 0.2) is 0 Å². The van der Waals surface area contributed by atoms with Crippen molar-refractivity contribution >= 4 is 9.35 Å². The van der Waals surface area contributed by atoms with E-state index in [1.54, 1.807) is 11.7 Å². The van der Waals surface area contributed by atoms with E-state index in [0.29, 0.717) is 12.4 Å². The van der Waals surface area contributed by atoms with Crippen molar-refractivity contribution in [3.05, 3.63) is 11.5 Å². The number of hydrogen-bond donors (Lipinski definition) is 0. The molecule has 14 heavy (non-hydrogen) atoms. The summed E-state index contributed by atoms with van der Waals surface area (Å²) in [4.78, 5) is 0. The van der Waals surface area contributed by atoms with Crippen molar-refractivity contribution in [2.75, 3.05) is 18.6 Å². The molecule has 0 aliphatic heterocycles. The molecule has 0 N–H and O–H groups in total. The van der Waals surface area contributed by atoms with Gasteiger partial charge >= 0.3 is 0 Å². The lowest BCUT2D eigenvalue weighted by Crippen LogP contribution is -2.34. The Hall–Kier alpha value is -0.150. The van der Waals surface area contributed by atoms with Crippen LogP contribution in [-0.4, -0.2) is 22.8 Å². The van der Waals surface area contributed by atoms with E-state index in [2.05, 4.69) is 6.92 Å². The number of rotatable bonds is 7. The summed E-state index contributed by atoms with van der Waals surface area (Å²) < 4.78 is 18.0. The van der Waals surface area contributed by atoms with Crippen molar-refractivity contribution in [2.45, 2.75) is 40.0 Å². The van der Waals surface area contributed by atoms with E-state index >= 15 is 0 Å². The average molecular weight is 220 g/mol. The predicted octanol–water partition coefficient (Wildman–Crippen LogP) is 3.11. The Morgan fingerprint density at radius 3 is 2.36 bits per heavy atom. The minimum Gasteiger partial charge on any atom is -0.284 e. The van der Waals surface area contributed by atoms with Crippen molar-refractivity contribution in [1.82, 2.24) is 0 Å². The van der Waals surface area contributed by atoms with Gasteiger partial charge in [0.05, 0.1) is 6.61 Å². The predicted molar refractivity (Wildman–Crippen MR) is 64.9 cm³/mol. The minimum absolute atomic E-state index is 0.563. The van der Waals surface area contributed by atoms with E-state index in [0.717, 1.165) is 19.3 Å². The molecule has 0 aromatic rings. The first-order valence-electron chi connectivity index (χ1n) is 5.38. The summed E-state index contributed by atoms with van der Waals surface area (Å²) in [6, 6.07) is 0. The first-order valence-corrected chi connectivity index (χ1v) is 7.91. The third kappa shape index (κ3) is 4.91. The lowest BCUT2D eigenvalue weighted by atomic mass is 10.3. The van der Waals surface area contributed by atoms with Gasteiger partial charge in [0, 0.05) is 17.4 Å². The summed E-state index contributed by atoms with van der Waals surface area (Å²) in [6.45, 7) is 6.54. The van der Waals surface area contributed by atoms with Crippen LogP contribution in [0.5, 0.6) is 0 Å². The summed E-state index contributed by atoms with van der Waals surface area (Å²) in [5.41, 5.74) is 0. The van der Waals surface area contributed by atoms with Crippen LogP contribution in [0.15, 0.2) is 11.5 Å². The third-order valence-corrected chi connectivity index (χ3v) is 5.46. The molecule has 0 rings (SSSR count). The third-order valence-electron chi connectivity index (χ3n) is 2.32. The van der Waals surface area contributed by atoms with Crippen molar-refractivity contribution in [2.24, 2.45) is 0 Å². The SMILES string of the molecule is CC=CS(C)(=O)(CC)OCCCCC. The second-order valence-corrected chi connectivity index (χ2v) is 7.93. The van der Waals surface area contributed by atoms with Gasteiger partial charge in [-0.25, -0.2) is 4.21 Å². The maximum absolute atomic E-state index is 12.4. The summed E-state index contributed by atoms with van der Waals surface area (Å²) in [5.74, 6) is 0.563. The first-order chi connectivity index (χ1) is 6.46. The van der Waals surface area contributed by atoms with E-state index < -0.39 is 9.35 Å². The second-order valence-electron chi connectivity index (χ2n) is 3.81. The molecule has 0 amide bonds. The molecule has 0 atom stereocenters. The maximum atomic E-state index is 12.4. The summed E-state index contributed by atoms with van der Waals surface area (Å²) in [6.07, 6.45) is 6.84. The molecular formula is C11H24O2S. The second kappa shape index (κ2) is 5.66. The molecule has 0 aliphatic carbocycles. The molecule has 0 saturated carbocycles. The zero-order chi connectivity index (χ0) is 11.1. The summed E-state index contributed by atoms with van der Waals surface area (Å²) >= 11 is 0. The zero-order valence-corrected chi connectivity index (χ0v) is 10.7. The molecule has 0 unspecified atom stereocenters. The van der Waals surface area contributed by atoms with E-state index in [1.807, 2.05) is 19.9 Å². The summed E-state index contributed by atoms with van der Waals surface area (Å²) in [5, 5.41) is 1.73. The normalized spacial score (nSPS) is 15.6. The van der Waals surface area contributed by atoms with Gasteiger partial charge in [0.1, 0.15) is 0 Å². The highest BCUT2D eigenvalue weighted by molar-refractivity contribution is 8.17. The molecule has 2 nitrogen and oxygen atoms in total. The molecule has 0 fully saturated rings. The van der Waals surface area contributed by atoms with Gasteiger partial charge < -0.3 is 0 Å². The quantitative estimate of drug-likeness (QED) is 0.616. The van der Waals surface area contributed by atoms with Crippen LogP contribution in [0.3, 0.4) is 0 Å². The van der Waals surface area contributed by atoms with Gasteiger partial charge in [-0.1, -0.05) is 25.8 Å². The first kappa shape index (κ1) is 13.8. The van der Waals surface area contributed by atoms with E-state index in [-0.39, 0.29) is 0 Å². The topological polar surface area (TPSA) is 26.3 Å². The van der Waals surface area contributed by atoms with Gasteiger partial charge in [0.25, 0.3) is 0 Å². The van der Waals surface area contributed by atoms with Crippen LogP contribution in [0.1, 0.15) is 40.0 Å². The molecule has 0 heterocycles. The van der Waals surface area contributed by atoms with Crippen LogP contribution in [-0.2, 0) is 13.5 Å². The van der Waals surface area contributed by atoms with Crippen molar-refractivity contribution in [3.63, 3.8) is 0 Å². The van der Waals surface area contributed by atoms with Crippen LogP contribution >= 0.6 is 0 Å². The highest BCUT2D eigenvalue weighted by Crippen LogP contribution is 2.25.